The quantitative estimate of drug-likeness (QED) is 0.484. The standard InChI is InChI=1S/C18H20N4OS/c1-3-23-12-13-24-18-21-20-17(15-8-10-19-11-9-15)22(18)16-6-4-14(2)5-7-16/h4-11H,3,12-13H2,1-2H3. The first-order valence-corrected chi connectivity index (χ1v) is 8.91. The van der Waals surface area contributed by atoms with E-state index in [9.17, 15) is 0 Å². The molecule has 2 aromatic heterocycles. The summed E-state index contributed by atoms with van der Waals surface area (Å²) >= 11 is 1.65. The summed E-state index contributed by atoms with van der Waals surface area (Å²) in [5.41, 5.74) is 3.27. The van der Waals surface area contributed by atoms with Gasteiger partial charge in [0.05, 0.1) is 6.61 Å². The molecule has 1 aromatic carbocycles. The number of hydrogen-bond acceptors (Lipinski definition) is 5. The molecular formula is C18H20N4OS. The summed E-state index contributed by atoms with van der Waals surface area (Å²) in [5.74, 6) is 1.66. The third-order valence-corrected chi connectivity index (χ3v) is 4.42. The maximum atomic E-state index is 5.42. The lowest BCUT2D eigenvalue weighted by molar-refractivity contribution is 0.164. The number of ether oxygens (including phenoxy) is 1. The number of aryl methyl sites for hydroxylation is 1. The first-order chi connectivity index (χ1) is 11.8. The molecule has 0 spiro atoms. The molecule has 0 saturated carbocycles. The first-order valence-electron chi connectivity index (χ1n) is 7.93. The molecule has 24 heavy (non-hydrogen) atoms. The van der Waals surface area contributed by atoms with Crippen molar-refractivity contribution in [2.24, 2.45) is 0 Å². The zero-order valence-corrected chi connectivity index (χ0v) is 14.7. The lowest BCUT2D eigenvalue weighted by Crippen LogP contribution is -2.02. The van der Waals surface area contributed by atoms with Crippen LogP contribution in [0, 0.1) is 6.92 Å². The number of benzene rings is 1. The van der Waals surface area contributed by atoms with Gasteiger partial charge in [-0.05, 0) is 38.1 Å². The third-order valence-electron chi connectivity index (χ3n) is 3.53. The third kappa shape index (κ3) is 3.83. The molecule has 3 rings (SSSR count). The van der Waals surface area contributed by atoms with Crippen molar-refractivity contribution in [2.45, 2.75) is 19.0 Å². The van der Waals surface area contributed by atoms with Gasteiger partial charge in [-0.1, -0.05) is 29.5 Å². The van der Waals surface area contributed by atoms with E-state index in [2.05, 4.69) is 50.9 Å². The predicted molar refractivity (Wildman–Crippen MR) is 96.5 cm³/mol. The highest BCUT2D eigenvalue weighted by Gasteiger charge is 2.15. The lowest BCUT2D eigenvalue weighted by atomic mass is 10.2. The molecule has 0 aliphatic carbocycles. The van der Waals surface area contributed by atoms with Crippen LogP contribution < -0.4 is 0 Å². The van der Waals surface area contributed by atoms with Crippen LogP contribution in [0.1, 0.15) is 12.5 Å². The molecule has 0 bridgehead atoms. The van der Waals surface area contributed by atoms with E-state index in [1.165, 1.54) is 5.56 Å². The Hall–Kier alpha value is -2.18. The predicted octanol–water partition coefficient (Wildman–Crippen LogP) is 3.77. The molecule has 0 aliphatic heterocycles. The van der Waals surface area contributed by atoms with Crippen LogP contribution in [0.5, 0.6) is 0 Å². The van der Waals surface area contributed by atoms with E-state index in [-0.39, 0.29) is 0 Å². The summed E-state index contributed by atoms with van der Waals surface area (Å²) in [6.45, 7) is 5.51. The highest BCUT2D eigenvalue weighted by atomic mass is 32.2. The molecule has 3 aromatic rings. The number of nitrogens with zero attached hydrogens (tertiary/aromatic N) is 4. The zero-order valence-electron chi connectivity index (χ0n) is 13.8. The van der Waals surface area contributed by atoms with Gasteiger partial charge in [0.15, 0.2) is 11.0 Å². The van der Waals surface area contributed by atoms with Crippen LogP contribution >= 0.6 is 11.8 Å². The first kappa shape index (κ1) is 16.7. The van der Waals surface area contributed by atoms with Gasteiger partial charge < -0.3 is 4.74 Å². The van der Waals surface area contributed by atoms with E-state index in [0.29, 0.717) is 6.61 Å². The lowest BCUT2D eigenvalue weighted by Gasteiger charge is -2.10. The molecule has 0 saturated heterocycles. The second-order valence-corrected chi connectivity index (χ2v) is 6.32. The van der Waals surface area contributed by atoms with Gasteiger partial charge in [0.2, 0.25) is 0 Å². The van der Waals surface area contributed by atoms with E-state index < -0.39 is 0 Å². The maximum absolute atomic E-state index is 5.42. The van der Waals surface area contributed by atoms with E-state index in [1.54, 1.807) is 24.2 Å². The van der Waals surface area contributed by atoms with Crippen molar-refractivity contribution in [3.8, 4) is 17.1 Å². The van der Waals surface area contributed by atoms with Gasteiger partial charge in [-0.15, -0.1) is 10.2 Å². The molecule has 6 heteroatoms. The molecule has 5 nitrogen and oxygen atoms in total. The number of rotatable bonds is 7. The van der Waals surface area contributed by atoms with Crippen LogP contribution in [-0.4, -0.2) is 38.7 Å². The Morgan fingerprint density at radius 1 is 1.04 bits per heavy atom. The molecular weight excluding hydrogens is 320 g/mol. The van der Waals surface area contributed by atoms with Crippen molar-refractivity contribution in [3.63, 3.8) is 0 Å². The summed E-state index contributed by atoms with van der Waals surface area (Å²) in [7, 11) is 0. The second kappa shape index (κ2) is 8.08. The van der Waals surface area contributed by atoms with Crippen LogP contribution in [0.15, 0.2) is 53.9 Å². The fourth-order valence-corrected chi connectivity index (χ4v) is 3.12. The van der Waals surface area contributed by atoms with E-state index >= 15 is 0 Å². The maximum Gasteiger partial charge on any atom is 0.196 e. The minimum Gasteiger partial charge on any atom is -0.381 e. The van der Waals surface area contributed by atoms with Gasteiger partial charge in [0.1, 0.15) is 0 Å². The number of hydrogen-bond donors (Lipinski definition) is 0. The van der Waals surface area contributed by atoms with Crippen molar-refractivity contribution in [2.75, 3.05) is 19.0 Å². The van der Waals surface area contributed by atoms with Crippen LogP contribution in [0.3, 0.4) is 0 Å². The molecule has 124 valence electrons. The van der Waals surface area contributed by atoms with Crippen LogP contribution in [0.4, 0.5) is 0 Å². The Morgan fingerprint density at radius 2 is 1.79 bits per heavy atom. The zero-order chi connectivity index (χ0) is 16.8. The van der Waals surface area contributed by atoms with Crippen molar-refractivity contribution < 1.29 is 4.74 Å². The summed E-state index contributed by atoms with van der Waals surface area (Å²) in [4.78, 5) is 4.08. The smallest absolute Gasteiger partial charge is 0.196 e. The SMILES string of the molecule is CCOCCSc1nnc(-c2ccncc2)n1-c1ccc(C)cc1. The molecule has 0 unspecified atom stereocenters. The molecule has 0 amide bonds. The number of aromatic nitrogens is 4. The fraction of sp³-hybridized carbons (Fsp3) is 0.278. The molecule has 2 heterocycles. The van der Waals surface area contributed by atoms with Crippen molar-refractivity contribution in [3.05, 3.63) is 54.4 Å². The average Bonchev–Trinajstić information content (AvgIpc) is 3.04. The topological polar surface area (TPSA) is 52.8 Å². The normalized spacial score (nSPS) is 10.9. The van der Waals surface area contributed by atoms with Crippen LogP contribution in [-0.2, 0) is 4.74 Å². The molecule has 0 fully saturated rings. The summed E-state index contributed by atoms with van der Waals surface area (Å²) in [5, 5.41) is 9.66. The van der Waals surface area contributed by atoms with E-state index in [4.69, 9.17) is 4.74 Å². The van der Waals surface area contributed by atoms with Gasteiger partial charge in [0.25, 0.3) is 0 Å². The minimum atomic E-state index is 0.701. The minimum absolute atomic E-state index is 0.701. The van der Waals surface area contributed by atoms with Crippen molar-refractivity contribution >= 4 is 11.8 Å². The Morgan fingerprint density at radius 3 is 2.50 bits per heavy atom. The largest absolute Gasteiger partial charge is 0.381 e. The van der Waals surface area contributed by atoms with Crippen molar-refractivity contribution in [1.82, 2.24) is 19.7 Å². The second-order valence-electron chi connectivity index (χ2n) is 5.26. The average molecular weight is 340 g/mol. The molecule has 0 aliphatic rings. The Labute approximate surface area is 146 Å². The monoisotopic (exact) mass is 340 g/mol. The Balaban J connectivity index is 1.97. The Kier molecular flexibility index (Phi) is 5.61. The van der Waals surface area contributed by atoms with Crippen LogP contribution in [0.25, 0.3) is 17.1 Å². The Bertz CT molecular complexity index is 771. The van der Waals surface area contributed by atoms with Crippen molar-refractivity contribution in [1.29, 1.82) is 0 Å². The van der Waals surface area contributed by atoms with E-state index in [0.717, 1.165) is 34.6 Å². The van der Waals surface area contributed by atoms with E-state index in [1.807, 2.05) is 19.1 Å². The summed E-state index contributed by atoms with van der Waals surface area (Å²) < 4.78 is 7.51. The summed E-state index contributed by atoms with van der Waals surface area (Å²) in [6, 6.07) is 12.3. The molecule has 0 radical (unpaired) electrons. The van der Waals surface area contributed by atoms with Gasteiger partial charge in [0, 0.05) is 36.0 Å². The number of thioether (sulfide) groups is 1. The highest BCUT2D eigenvalue weighted by molar-refractivity contribution is 7.99. The fourth-order valence-electron chi connectivity index (χ4n) is 2.31. The molecule has 0 N–H and O–H groups in total. The molecule has 0 atom stereocenters. The van der Waals surface area contributed by atoms with Gasteiger partial charge in [-0.25, -0.2) is 0 Å². The van der Waals surface area contributed by atoms with Gasteiger partial charge >= 0.3 is 0 Å². The highest BCUT2D eigenvalue weighted by Crippen LogP contribution is 2.27. The van der Waals surface area contributed by atoms with Gasteiger partial charge in [-0.2, -0.15) is 0 Å². The van der Waals surface area contributed by atoms with Crippen LogP contribution in [0.2, 0.25) is 0 Å². The van der Waals surface area contributed by atoms with Gasteiger partial charge in [-0.3, -0.25) is 9.55 Å². The number of pyridine rings is 1. The summed E-state index contributed by atoms with van der Waals surface area (Å²) in [6.07, 6.45) is 3.54.